The van der Waals surface area contributed by atoms with E-state index in [0.717, 1.165) is 27.5 Å². The Morgan fingerprint density at radius 2 is 2.12 bits per heavy atom. The van der Waals surface area contributed by atoms with Crippen LogP contribution in [0.4, 0.5) is 0 Å². The van der Waals surface area contributed by atoms with Gasteiger partial charge in [0.15, 0.2) is 5.84 Å². The van der Waals surface area contributed by atoms with E-state index in [0.29, 0.717) is 0 Å². The number of ether oxygens (including phenoxy) is 1. The average molecular weight is 241 g/mol. The predicted octanol–water partition coefficient (Wildman–Crippen LogP) is 2.27. The van der Waals surface area contributed by atoms with E-state index in [-0.39, 0.29) is 18.2 Å². The van der Waals surface area contributed by atoms with Crippen LogP contribution in [0.3, 0.4) is 0 Å². The molecule has 0 atom stereocenters. The molecule has 2 rings (SSSR count). The van der Waals surface area contributed by atoms with Gasteiger partial charge in [-0.1, -0.05) is 6.07 Å². The second-order valence-corrected chi connectivity index (χ2v) is 3.38. The number of hydroxylamine groups is 2. The third-order valence-electron chi connectivity index (χ3n) is 2.43. The highest BCUT2D eigenvalue weighted by atomic mass is 35.5. The van der Waals surface area contributed by atoms with Gasteiger partial charge in [0.2, 0.25) is 0 Å². The molecule has 0 fully saturated rings. The summed E-state index contributed by atoms with van der Waals surface area (Å²) >= 11 is 0. The number of halogens is 1. The van der Waals surface area contributed by atoms with Gasteiger partial charge in [-0.2, -0.15) is 0 Å². The molecule has 0 unspecified atom stereocenters. The number of hydrogen-bond acceptors (Lipinski definition) is 3. The summed E-state index contributed by atoms with van der Waals surface area (Å²) in [6.07, 6.45) is 1.86. The van der Waals surface area contributed by atoms with E-state index in [1.54, 1.807) is 7.11 Å². The first kappa shape index (κ1) is 12.5. The molecule has 0 aliphatic heterocycles. The van der Waals surface area contributed by atoms with E-state index < -0.39 is 0 Å². The van der Waals surface area contributed by atoms with Crippen molar-refractivity contribution in [2.24, 2.45) is 0 Å². The highest BCUT2D eigenvalue weighted by Crippen LogP contribution is 2.35. The van der Waals surface area contributed by atoms with Crippen molar-refractivity contribution in [1.29, 1.82) is 5.41 Å². The van der Waals surface area contributed by atoms with Crippen LogP contribution in [-0.4, -0.2) is 30.3 Å². The highest BCUT2D eigenvalue weighted by molar-refractivity contribution is 6.30. The van der Waals surface area contributed by atoms with Crippen LogP contribution in [0.25, 0.3) is 11.6 Å². The highest BCUT2D eigenvalue weighted by Gasteiger charge is 2.22. The Kier molecular flexibility index (Phi) is 3.57. The van der Waals surface area contributed by atoms with Crippen LogP contribution in [0.2, 0.25) is 0 Å². The molecular formula is C11H13ClN2O2. The van der Waals surface area contributed by atoms with Crippen molar-refractivity contribution in [1.82, 2.24) is 5.06 Å². The molecule has 0 radical (unpaired) electrons. The quantitative estimate of drug-likeness (QED) is 0.474. The number of methoxy groups -OCH3 is 1. The van der Waals surface area contributed by atoms with Gasteiger partial charge < -0.3 is 4.74 Å². The summed E-state index contributed by atoms with van der Waals surface area (Å²) in [6.45, 7) is 0. The molecule has 0 saturated carbocycles. The summed E-state index contributed by atoms with van der Waals surface area (Å²) in [4.78, 5) is 0. The van der Waals surface area contributed by atoms with Gasteiger partial charge in [-0.15, -0.1) is 12.4 Å². The fourth-order valence-electron chi connectivity index (χ4n) is 1.55. The maximum Gasteiger partial charge on any atom is 0.152 e. The van der Waals surface area contributed by atoms with E-state index in [1.165, 1.54) is 7.05 Å². The van der Waals surface area contributed by atoms with Crippen molar-refractivity contribution < 1.29 is 9.94 Å². The Bertz CT molecular complexity index is 455. The Morgan fingerprint density at radius 1 is 1.44 bits per heavy atom. The molecule has 1 aliphatic carbocycles. The van der Waals surface area contributed by atoms with Crippen LogP contribution in [0.1, 0.15) is 11.1 Å². The third kappa shape index (κ3) is 1.89. The van der Waals surface area contributed by atoms with Gasteiger partial charge in [-0.3, -0.25) is 10.6 Å². The van der Waals surface area contributed by atoms with Crippen molar-refractivity contribution in [2.45, 2.75) is 0 Å². The average Bonchev–Trinajstić information content (AvgIpc) is 2.19. The van der Waals surface area contributed by atoms with Crippen LogP contribution in [0.15, 0.2) is 18.2 Å². The lowest BCUT2D eigenvalue weighted by Gasteiger charge is -2.23. The molecule has 1 aromatic carbocycles. The lowest BCUT2D eigenvalue weighted by atomic mass is 9.87. The first-order chi connectivity index (χ1) is 7.13. The maximum atomic E-state index is 9.15. The number of likely N-dealkylation sites (N-methyl/N-ethyl adjacent to an activating group) is 1. The van der Waals surface area contributed by atoms with Crippen LogP contribution >= 0.6 is 12.4 Å². The van der Waals surface area contributed by atoms with Gasteiger partial charge in [0, 0.05) is 12.6 Å². The van der Waals surface area contributed by atoms with Gasteiger partial charge in [0.25, 0.3) is 0 Å². The molecular weight excluding hydrogens is 228 g/mol. The van der Waals surface area contributed by atoms with Crippen LogP contribution in [-0.2, 0) is 0 Å². The topological polar surface area (TPSA) is 56.5 Å². The Hall–Kier alpha value is -1.52. The van der Waals surface area contributed by atoms with Gasteiger partial charge >= 0.3 is 0 Å². The van der Waals surface area contributed by atoms with E-state index in [2.05, 4.69) is 0 Å². The van der Waals surface area contributed by atoms with E-state index in [9.17, 15) is 0 Å². The zero-order valence-electron chi connectivity index (χ0n) is 9.02. The number of rotatable bonds is 2. The fourth-order valence-corrected chi connectivity index (χ4v) is 1.55. The first-order valence-electron chi connectivity index (χ1n) is 4.55. The van der Waals surface area contributed by atoms with Crippen molar-refractivity contribution in [3.05, 3.63) is 29.3 Å². The molecule has 0 aromatic heterocycles. The molecule has 86 valence electrons. The van der Waals surface area contributed by atoms with Gasteiger partial charge in [-0.25, -0.2) is 5.06 Å². The molecule has 16 heavy (non-hydrogen) atoms. The summed E-state index contributed by atoms with van der Waals surface area (Å²) in [5.41, 5.74) is 2.74. The largest absolute Gasteiger partial charge is 0.497 e. The zero-order chi connectivity index (χ0) is 11.0. The number of amidine groups is 1. The fraction of sp³-hybridized carbons (Fsp3) is 0.182. The second kappa shape index (κ2) is 4.55. The minimum Gasteiger partial charge on any atom is -0.497 e. The lowest BCUT2D eigenvalue weighted by Crippen LogP contribution is -2.25. The monoisotopic (exact) mass is 240 g/mol. The molecule has 0 saturated heterocycles. The van der Waals surface area contributed by atoms with Gasteiger partial charge in [0.1, 0.15) is 5.75 Å². The molecule has 1 aliphatic rings. The van der Waals surface area contributed by atoms with Crippen molar-refractivity contribution in [3.63, 3.8) is 0 Å². The van der Waals surface area contributed by atoms with Gasteiger partial charge in [0.05, 0.1) is 7.11 Å². The smallest absolute Gasteiger partial charge is 0.152 e. The number of nitrogens with one attached hydrogen (secondary N) is 1. The number of fused-ring (bicyclic) bond motifs is 1. The molecule has 0 heterocycles. The summed E-state index contributed by atoms with van der Waals surface area (Å²) in [5, 5.41) is 17.6. The Labute approximate surface area is 100 Å². The number of benzene rings is 1. The standard InChI is InChI=1S/C11H12N2O2.ClH/c1-13(14)11(12)10-5-7-3-4-8(15-2)6-9(7)10;/h3-6,12,14H,1-2H3;1H. The molecule has 5 heteroatoms. The van der Waals surface area contributed by atoms with Crippen LogP contribution < -0.4 is 4.74 Å². The minimum atomic E-state index is 0. The lowest BCUT2D eigenvalue weighted by molar-refractivity contribution is 0.0145. The molecule has 1 aromatic rings. The maximum absolute atomic E-state index is 9.15. The molecule has 0 bridgehead atoms. The minimum absolute atomic E-state index is 0. The summed E-state index contributed by atoms with van der Waals surface area (Å²) in [6, 6.07) is 5.67. The van der Waals surface area contributed by atoms with Crippen LogP contribution in [0.5, 0.6) is 5.75 Å². The SMILES string of the molecule is COc1ccc2c(c1)C(C(=N)N(C)O)=C2.Cl. The summed E-state index contributed by atoms with van der Waals surface area (Å²) < 4.78 is 5.10. The van der Waals surface area contributed by atoms with Crippen molar-refractivity contribution in [3.8, 4) is 5.75 Å². The molecule has 0 spiro atoms. The first-order valence-corrected chi connectivity index (χ1v) is 4.55. The van der Waals surface area contributed by atoms with Crippen LogP contribution in [0, 0.1) is 5.41 Å². The summed E-state index contributed by atoms with van der Waals surface area (Å²) in [5.74, 6) is 0.850. The van der Waals surface area contributed by atoms with Crippen molar-refractivity contribution in [2.75, 3.05) is 14.2 Å². The van der Waals surface area contributed by atoms with E-state index in [1.807, 2.05) is 24.3 Å². The predicted molar refractivity (Wildman–Crippen MR) is 65.4 cm³/mol. The molecule has 2 N–H and O–H groups in total. The molecule has 4 nitrogen and oxygen atoms in total. The van der Waals surface area contributed by atoms with E-state index in [4.69, 9.17) is 15.4 Å². The Morgan fingerprint density at radius 3 is 2.69 bits per heavy atom. The van der Waals surface area contributed by atoms with Crippen molar-refractivity contribution >= 4 is 29.9 Å². The zero-order valence-corrected chi connectivity index (χ0v) is 9.84. The number of hydrogen-bond donors (Lipinski definition) is 2. The van der Waals surface area contributed by atoms with E-state index >= 15 is 0 Å². The summed E-state index contributed by atoms with van der Waals surface area (Å²) in [7, 11) is 3.04. The normalized spacial score (nSPS) is 11.6. The second-order valence-electron chi connectivity index (χ2n) is 3.38. The van der Waals surface area contributed by atoms with Gasteiger partial charge in [-0.05, 0) is 29.3 Å². The Balaban J connectivity index is 0.00000128. The number of nitrogens with zero attached hydrogens (tertiary/aromatic N) is 1. The third-order valence-corrected chi connectivity index (χ3v) is 2.43. The molecule has 0 amide bonds.